The van der Waals surface area contributed by atoms with Crippen LogP contribution in [0.1, 0.15) is 25.7 Å². The average molecular weight is 280 g/mol. The number of hydrogen-bond acceptors (Lipinski definition) is 5. The Hall–Kier alpha value is -0.650. The third-order valence-corrected chi connectivity index (χ3v) is 5.04. The highest BCUT2D eigenvalue weighted by Gasteiger charge is 2.21. The second-order valence-electron chi connectivity index (χ2n) is 5.60. The molecule has 19 heavy (non-hydrogen) atoms. The van der Waals surface area contributed by atoms with Gasteiger partial charge in [0, 0.05) is 50.3 Å². The first-order chi connectivity index (χ1) is 9.42. The summed E-state index contributed by atoms with van der Waals surface area (Å²) in [4.78, 5) is 9.44. The van der Waals surface area contributed by atoms with Crippen LogP contribution in [0.25, 0.3) is 0 Å². The summed E-state index contributed by atoms with van der Waals surface area (Å²) >= 11 is 1.75. The molecule has 106 valence electrons. The van der Waals surface area contributed by atoms with Crippen LogP contribution >= 0.6 is 11.3 Å². The first-order valence-electron chi connectivity index (χ1n) is 7.52. The van der Waals surface area contributed by atoms with Crippen molar-refractivity contribution < 1.29 is 0 Å². The molecule has 1 aromatic heterocycles. The minimum Gasteiger partial charge on any atom is -0.346 e. The molecule has 0 amide bonds. The Kier molecular flexibility index (Phi) is 4.69. The molecule has 0 radical (unpaired) electrons. The van der Waals surface area contributed by atoms with E-state index in [1.807, 2.05) is 6.20 Å². The molecule has 1 unspecified atom stereocenters. The number of hydrogen-bond donors (Lipinski definition) is 1. The lowest BCUT2D eigenvalue weighted by molar-refractivity contribution is 0.227. The van der Waals surface area contributed by atoms with Crippen LogP contribution in [0.5, 0.6) is 0 Å². The predicted molar refractivity (Wildman–Crippen MR) is 81.0 cm³/mol. The fourth-order valence-electron chi connectivity index (χ4n) is 3.06. The Morgan fingerprint density at radius 3 is 2.89 bits per heavy atom. The molecule has 4 nitrogen and oxygen atoms in total. The van der Waals surface area contributed by atoms with Gasteiger partial charge in [-0.15, -0.1) is 11.3 Å². The van der Waals surface area contributed by atoms with Crippen molar-refractivity contribution in [3.8, 4) is 0 Å². The molecule has 3 rings (SSSR count). The van der Waals surface area contributed by atoms with Crippen LogP contribution < -0.4 is 10.2 Å². The zero-order valence-electron chi connectivity index (χ0n) is 11.6. The van der Waals surface area contributed by atoms with E-state index >= 15 is 0 Å². The summed E-state index contributed by atoms with van der Waals surface area (Å²) in [6, 6.07) is 0.717. The summed E-state index contributed by atoms with van der Waals surface area (Å²) in [5, 5.41) is 6.96. The first kappa shape index (κ1) is 13.3. The van der Waals surface area contributed by atoms with Crippen molar-refractivity contribution in [3.63, 3.8) is 0 Å². The summed E-state index contributed by atoms with van der Waals surface area (Å²) < 4.78 is 0. The van der Waals surface area contributed by atoms with Gasteiger partial charge in [-0.3, -0.25) is 4.90 Å². The van der Waals surface area contributed by atoms with E-state index in [0.29, 0.717) is 6.04 Å². The van der Waals surface area contributed by atoms with Crippen LogP contribution in [0.4, 0.5) is 5.13 Å². The normalized spacial score (nSPS) is 26.3. The van der Waals surface area contributed by atoms with Crippen LogP contribution in [0.15, 0.2) is 11.6 Å². The minimum absolute atomic E-state index is 0.717. The van der Waals surface area contributed by atoms with Gasteiger partial charge in [-0.05, 0) is 19.4 Å². The Morgan fingerprint density at radius 2 is 2.11 bits per heavy atom. The lowest BCUT2D eigenvalue weighted by Crippen LogP contribution is -2.50. The van der Waals surface area contributed by atoms with Crippen LogP contribution in [0.3, 0.4) is 0 Å². The van der Waals surface area contributed by atoms with Crippen molar-refractivity contribution in [2.24, 2.45) is 0 Å². The van der Waals surface area contributed by atoms with Crippen molar-refractivity contribution in [3.05, 3.63) is 11.6 Å². The number of thiazole rings is 1. The Bertz CT molecular complexity index is 352. The van der Waals surface area contributed by atoms with Gasteiger partial charge in [0.15, 0.2) is 5.13 Å². The van der Waals surface area contributed by atoms with Gasteiger partial charge in [0.2, 0.25) is 0 Å². The third-order valence-electron chi connectivity index (χ3n) is 4.20. The predicted octanol–water partition coefficient (Wildman–Crippen LogP) is 1.80. The van der Waals surface area contributed by atoms with Crippen molar-refractivity contribution >= 4 is 16.5 Å². The molecule has 1 aromatic rings. The molecule has 0 saturated carbocycles. The molecule has 5 heteroatoms. The fourth-order valence-corrected chi connectivity index (χ4v) is 3.76. The van der Waals surface area contributed by atoms with Gasteiger partial charge < -0.3 is 10.2 Å². The zero-order valence-corrected chi connectivity index (χ0v) is 12.4. The van der Waals surface area contributed by atoms with Gasteiger partial charge in [0.05, 0.1) is 0 Å². The van der Waals surface area contributed by atoms with Gasteiger partial charge in [0.1, 0.15) is 0 Å². The second-order valence-corrected chi connectivity index (χ2v) is 6.48. The van der Waals surface area contributed by atoms with Crippen LogP contribution in [0.2, 0.25) is 0 Å². The third kappa shape index (κ3) is 3.68. The molecule has 0 spiro atoms. The molecule has 2 saturated heterocycles. The maximum Gasteiger partial charge on any atom is 0.185 e. The highest BCUT2D eigenvalue weighted by atomic mass is 32.1. The number of piperazine rings is 1. The molecule has 2 fully saturated rings. The molecule has 0 bridgehead atoms. The second kappa shape index (κ2) is 6.68. The summed E-state index contributed by atoms with van der Waals surface area (Å²) in [5.41, 5.74) is 0. The summed E-state index contributed by atoms with van der Waals surface area (Å²) in [6.45, 7) is 7.05. The van der Waals surface area contributed by atoms with Crippen molar-refractivity contribution in [1.29, 1.82) is 0 Å². The zero-order chi connectivity index (χ0) is 12.9. The van der Waals surface area contributed by atoms with E-state index in [-0.39, 0.29) is 0 Å². The molecule has 1 atom stereocenters. The Morgan fingerprint density at radius 1 is 1.21 bits per heavy atom. The fraction of sp³-hybridized carbons (Fsp3) is 0.786. The monoisotopic (exact) mass is 280 g/mol. The van der Waals surface area contributed by atoms with Crippen molar-refractivity contribution in [2.45, 2.75) is 31.7 Å². The van der Waals surface area contributed by atoms with Crippen LogP contribution in [-0.2, 0) is 0 Å². The SMILES string of the molecule is c1csc(N2CCN(CC3CCCCCN3)CC2)n1. The molecule has 0 aromatic carbocycles. The van der Waals surface area contributed by atoms with E-state index in [4.69, 9.17) is 0 Å². The van der Waals surface area contributed by atoms with Gasteiger partial charge in [-0.1, -0.05) is 12.8 Å². The lowest BCUT2D eigenvalue weighted by atomic mass is 10.1. The van der Waals surface area contributed by atoms with Gasteiger partial charge in [-0.25, -0.2) is 4.98 Å². The van der Waals surface area contributed by atoms with Gasteiger partial charge >= 0.3 is 0 Å². The highest BCUT2D eigenvalue weighted by Crippen LogP contribution is 2.19. The Labute approximate surface area is 119 Å². The number of nitrogens with one attached hydrogen (secondary N) is 1. The maximum absolute atomic E-state index is 4.41. The van der Waals surface area contributed by atoms with E-state index in [0.717, 1.165) is 13.1 Å². The van der Waals surface area contributed by atoms with Crippen molar-refractivity contribution in [2.75, 3.05) is 44.2 Å². The Balaban J connectivity index is 1.44. The summed E-state index contributed by atoms with van der Waals surface area (Å²) in [5.74, 6) is 0. The van der Waals surface area contributed by atoms with Crippen molar-refractivity contribution in [1.82, 2.24) is 15.2 Å². The number of anilines is 1. The van der Waals surface area contributed by atoms with E-state index in [2.05, 4.69) is 25.5 Å². The molecule has 3 heterocycles. The first-order valence-corrected chi connectivity index (χ1v) is 8.40. The van der Waals surface area contributed by atoms with Gasteiger partial charge in [0.25, 0.3) is 0 Å². The van der Waals surface area contributed by atoms with E-state index in [1.54, 1.807) is 11.3 Å². The molecule has 2 aliphatic rings. The van der Waals surface area contributed by atoms with Crippen LogP contribution in [0, 0.1) is 0 Å². The smallest absolute Gasteiger partial charge is 0.185 e. The molecular weight excluding hydrogens is 256 g/mol. The summed E-state index contributed by atoms with van der Waals surface area (Å²) in [7, 11) is 0. The minimum atomic E-state index is 0.717. The maximum atomic E-state index is 4.41. The molecular formula is C14H24N4S. The molecule has 2 aliphatic heterocycles. The van der Waals surface area contributed by atoms with E-state index in [9.17, 15) is 0 Å². The topological polar surface area (TPSA) is 31.4 Å². The standard InChI is InChI=1S/C14H24N4S/c1-2-4-13(15-5-3-1)12-17-7-9-18(10-8-17)14-16-6-11-19-14/h6,11,13,15H,1-5,7-10,12H2. The van der Waals surface area contributed by atoms with Gasteiger partial charge in [-0.2, -0.15) is 0 Å². The number of aromatic nitrogens is 1. The van der Waals surface area contributed by atoms with E-state index in [1.165, 1.54) is 57.0 Å². The van der Waals surface area contributed by atoms with E-state index < -0.39 is 0 Å². The van der Waals surface area contributed by atoms with Crippen LogP contribution in [-0.4, -0.2) is 55.2 Å². The lowest BCUT2D eigenvalue weighted by Gasteiger charge is -2.36. The molecule has 0 aliphatic carbocycles. The number of rotatable bonds is 3. The number of nitrogens with zero attached hydrogens (tertiary/aromatic N) is 3. The average Bonchev–Trinajstić information content (AvgIpc) is 2.86. The largest absolute Gasteiger partial charge is 0.346 e. The quantitative estimate of drug-likeness (QED) is 0.915. The highest BCUT2D eigenvalue weighted by molar-refractivity contribution is 7.13. The summed E-state index contributed by atoms with van der Waals surface area (Å²) in [6.07, 6.45) is 7.42. The molecule has 1 N–H and O–H groups in total.